The molecule has 1 aromatic rings. The topological polar surface area (TPSA) is 26.3 Å². The van der Waals surface area contributed by atoms with E-state index >= 15 is 0 Å². The van der Waals surface area contributed by atoms with Crippen LogP contribution in [0.3, 0.4) is 0 Å². The van der Waals surface area contributed by atoms with Gasteiger partial charge in [0.15, 0.2) is 11.6 Å². The molecule has 0 amide bonds. The van der Waals surface area contributed by atoms with Crippen molar-refractivity contribution in [1.29, 1.82) is 0 Å². The van der Waals surface area contributed by atoms with Crippen LogP contribution in [0, 0.1) is 41.6 Å². The number of allylic oxidation sites excluding steroid dienone is 1. The third kappa shape index (κ3) is 3.53. The predicted molar refractivity (Wildman–Crippen MR) is 92.6 cm³/mol. The maximum absolute atomic E-state index is 13.9. The Bertz CT molecular complexity index is 702. The van der Waals surface area contributed by atoms with Gasteiger partial charge in [-0.15, -0.1) is 0 Å². The summed E-state index contributed by atoms with van der Waals surface area (Å²) >= 11 is 12.2. The Kier molecular flexibility index (Phi) is 5.77. The van der Waals surface area contributed by atoms with Gasteiger partial charge in [-0.3, -0.25) is 4.79 Å². The molecule has 24 heavy (non-hydrogen) atoms. The van der Waals surface area contributed by atoms with Gasteiger partial charge in [0.05, 0.1) is 14.3 Å². The number of ether oxygens (including phenoxy) is 1. The van der Waals surface area contributed by atoms with Gasteiger partial charge in [0, 0.05) is 11.1 Å². The van der Waals surface area contributed by atoms with Gasteiger partial charge in [-0.2, -0.15) is 0 Å². The number of benzene rings is 1. The Morgan fingerprint density at radius 2 is 1.83 bits per heavy atom. The van der Waals surface area contributed by atoms with Crippen LogP contribution in [0.1, 0.15) is 25.0 Å². The van der Waals surface area contributed by atoms with Crippen LogP contribution in [0.4, 0.5) is 13.2 Å². The van der Waals surface area contributed by atoms with Crippen molar-refractivity contribution < 1.29 is 22.7 Å². The van der Waals surface area contributed by atoms with Gasteiger partial charge < -0.3 is 4.74 Å². The lowest BCUT2D eigenvalue weighted by molar-refractivity contribution is -0.147. The van der Waals surface area contributed by atoms with Crippen molar-refractivity contribution >= 4 is 49.4 Å². The zero-order valence-electron chi connectivity index (χ0n) is 13.0. The fourth-order valence-corrected chi connectivity index (χ4v) is 3.57. The van der Waals surface area contributed by atoms with Crippen molar-refractivity contribution in [1.82, 2.24) is 0 Å². The third-order valence-electron chi connectivity index (χ3n) is 4.40. The van der Waals surface area contributed by atoms with Gasteiger partial charge in [-0.05, 0) is 50.1 Å². The van der Waals surface area contributed by atoms with E-state index in [0.717, 1.165) is 6.92 Å². The molecule has 2 atom stereocenters. The molecule has 0 unspecified atom stereocenters. The van der Waals surface area contributed by atoms with E-state index in [0.29, 0.717) is 3.39 Å². The molecular formula is C16H14Br2ClF3O2. The summed E-state index contributed by atoms with van der Waals surface area (Å²) in [7, 11) is 0. The van der Waals surface area contributed by atoms with Gasteiger partial charge in [-0.1, -0.05) is 31.5 Å². The molecule has 8 heteroatoms. The van der Waals surface area contributed by atoms with Crippen LogP contribution in [0.5, 0.6) is 0 Å². The smallest absolute Gasteiger partial charge is 0.310 e. The number of halogens is 6. The predicted octanol–water partition coefficient (Wildman–Crippen LogP) is 6.01. The highest BCUT2D eigenvalue weighted by molar-refractivity contribution is 9.28. The first-order chi connectivity index (χ1) is 11.0. The lowest BCUT2D eigenvalue weighted by Gasteiger charge is -2.11. The summed E-state index contributed by atoms with van der Waals surface area (Å²) in [4.78, 5) is 12.2. The lowest BCUT2D eigenvalue weighted by Crippen LogP contribution is -2.13. The van der Waals surface area contributed by atoms with Crippen LogP contribution in [-0.2, 0) is 16.1 Å². The first-order valence-electron chi connectivity index (χ1n) is 7.01. The zero-order valence-corrected chi connectivity index (χ0v) is 17.0. The Morgan fingerprint density at radius 1 is 1.25 bits per heavy atom. The molecule has 0 bridgehead atoms. The molecule has 132 valence electrons. The number of carbonyl (C=O) groups is 1. The van der Waals surface area contributed by atoms with Crippen LogP contribution >= 0.6 is 43.5 Å². The molecule has 1 fully saturated rings. The molecule has 0 saturated heterocycles. The molecule has 1 aromatic carbocycles. The van der Waals surface area contributed by atoms with Gasteiger partial charge in [-0.25, -0.2) is 13.2 Å². The summed E-state index contributed by atoms with van der Waals surface area (Å²) in [5.41, 5.74) is -1.34. The Hall–Kier alpha value is -0.530. The fourth-order valence-electron chi connectivity index (χ4n) is 2.72. The van der Waals surface area contributed by atoms with Crippen molar-refractivity contribution in [3.05, 3.63) is 43.1 Å². The minimum atomic E-state index is -1.33. The van der Waals surface area contributed by atoms with E-state index in [1.807, 2.05) is 19.9 Å². The van der Waals surface area contributed by atoms with E-state index in [-0.39, 0.29) is 11.3 Å². The highest BCUT2D eigenvalue weighted by Gasteiger charge is 2.61. The minimum Gasteiger partial charge on any atom is -0.460 e. The number of hydrogen-bond donors (Lipinski definition) is 0. The molecule has 0 heterocycles. The second kappa shape index (κ2) is 7.00. The van der Waals surface area contributed by atoms with Crippen LogP contribution < -0.4 is 0 Å². The molecule has 0 aromatic heterocycles. The number of carbonyl (C=O) groups excluding carboxylic acids is 1. The van der Waals surface area contributed by atoms with Gasteiger partial charge in [0.2, 0.25) is 0 Å². The molecule has 1 aliphatic rings. The van der Waals surface area contributed by atoms with Gasteiger partial charge in [0.1, 0.15) is 12.4 Å². The molecule has 0 aliphatic heterocycles. The minimum absolute atomic E-state index is 0.0643. The van der Waals surface area contributed by atoms with E-state index in [1.54, 1.807) is 0 Å². The number of esters is 1. The van der Waals surface area contributed by atoms with Crippen molar-refractivity contribution in [2.45, 2.75) is 27.4 Å². The molecular weight excluding hydrogens is 476 g/mol. The third-order valence-corrected chi connectivity index (χ3v) is 5.33. The van der Waals surface area contributed by atoms with E-state index in [4.69, 9.17) is 16.3 Å². The van der Waals surface area contributed by atoms with E-state index < -0.39 is 52.1 Å². The first kappa shape index (κ1) is 19.8. The molecule has 0 spiro atoms. The van der Waals surface area contributed by atoms with Crippen LogP contribution in [0.15, 0.2) is 9.47 Å². The van der Waals surface area contributed by atoms with E-state index in [2.05, 4.69) is 31.9 Å². The number of rotatable bonds is 4. The van der Waals surface area contributed by atoms with Crippen LogP contribution in [0.2, 0.25) is 5.02 Å². The second-order valence-electron chi connectivity index (χ2n) is 6.25. The Balaban J connectivity index is 2.16. The molecule has 1 saturated carbocycles. The van der Waals surface area contributed by atoms with Crippen LogP contribution in [-0.4, -0.2) is 5.97 Å². The largest absolute Gasteiger partial charge is 0.460 e. The SMILES string of the molecule is Cc1c(F)c(F)c(COC(=O)[C@@H]2[C@H](C=C(Br)Br)C2(C)C)c(Cl)c1F. The zero-order chi connectivity index (χ0) is 18.4. The average molecular weight is 491 g/mol. The van der Waals surface area contributed by atoms with Crippen molar-refractivity contribution in [3.8, 4) is 0 Å². The highest BCUT2D eigenvalue weighted by atomic mass is 79.9. The molecule has 2 nitrogen and oxygen atoms in total. The molecule has 0 N–H and O–H groups in total. The van der Waals surface area contributed by atoms with Gasteiger partial charge >= 0.3 is 5.97 Å². The van der Waals surface area contributed by atoms with Crippen molar-refractivity contribution in [2.75, 3.05) is 0 Å². The monoisotopic (exact) mass is 488 g/mol. The van der Waals surface area contributed by atoms with Gasteiger partial charge in [0.25, 0.3) is 0 Å². The molecule has 0 radical (unpaired) electrons. The summed E-state index contributed by atoms with van der Waals surface area (Å²) < 4.78 is 47.1. The summed E-state index contributed by atoms with van der Waals surface area (Å²) in [6.07, 6.45) is 1.82. The fraction of sp³-hybridized carbons (Fsp3) is 0.438. The second-order valence-corrected chi connectivity index (χ2v) is 9.40. The normalized spacial score (nSPS) is 21.4. The summed E-state index contributed by atoms with van der Waals surface area (Å²) in [5, 5.41) is -0.575. The quantitative estimate of drug-likeness (QED) is 0.382. The summed E-state index contributed by atoms with van der Waals surface area (Å²) in [5.74, 6) is -4.76. The average Bonchev–Trinajstić information content (AvgIpc) is 3.02. The molecule has 2 rings (SSSR count). The van der Waals surface area contributed by atoms with Crippen molar-refractivity contribution in [3.63, 3.8) is 0 Å². The first-order valence-corrected chi connectivity index (χ1v) is 8.97. The summed E-state index contributed by atoms with van der Waals surface area (Å²) in [6.45, 7) is 4.23. The highest BCUT2D eigenvalue weighted by Crippen LogP contribution is 2.60. The van der Waals surface area contributed by atoms with E-state index in [1.165, 1.54) is 0 Å². The Morgan fingerprint density at radius 3 is 2.38 bits per heavy atom. The summed E-state index contributed by atoms with van der Waals surface area (Å²) in [6, 6.07) is 0. The lowest BCUT2D eigenvalue weighted by atomic mass is 10.1. The van der Waals surface area contributed by atoms with Crippen molar-refractivity contribution in [2.24, 2.45) is 17.3 Å². The maximum atomic E-state index is 13.9. The standard InChI is InChI=1S/C16H14Br2ClF3O2/c1-6-12(20)11(19)7(14(22)13(6)21)5-24-15(23)10-8(4-9(17)18)16(10,2)3/h4,8,10H,5H2,1-3H3/t8-,10-/m0/s1. The van der Waals surface area contributed by atoms with Crippen LogP contribution in [0.25, 0.3) is 0 Å². The molecule has 1 aliphatic carbocycles. The Labute approximate surface area is 159 Å². The maximum Gasteiger partial charge on any atom is 0.310 e. The van der Waals surface area contributed by atoms with E-state index in [9.17, 15) is 18.0 Å². The number of hydrogen-bond acceptors (Lipinski definition) is 2.